The van der Waals surface area contributed by atoms with E-state index in [4.69, 9.17) is 0 Å². The van der Waals surface area contributed by atoms with E-state index in [2.05, 4.69) is 12.2 Å². The van der Waals surface area contributed by atoms with Gasteiger partial charge in [0.2, 0.25) is 5.91 Å². The third-order valence-corrected chi connectivity index (χ3v) is 2.26. The minimum Gasteiger partial charge on any atom is -0.342 e. The Morgan fingerprint density at radius 3 is 2.92 bits per heavy atom. The molecule has 1 amide bonds. The Morgan fingerprint density at radius 2 is 2.42 bits per heavy atom. The van der Waals surface area contributed by atoms with Crippen LogP contribution in [0.25, 0.3) is 0 Å². The minimum atomic E-state index is 0.331. The van der Waals surface area contributed by atoms with Crippen molar-refractivity contribution in [1.29, 1.82) is 0 Å². The summed E-state index contributed by atoms with van der Waals surface area (Å²) in [4.78, 5) is 13.2. The van der Waals surface area contributed by atoms with E-state index in [9.17, 15) is 4.79 Å². The van der Waals surface area contributed by atoms with Crippen LogP contribution in [0.3, 0.4) is 0 Å². The van der Waals surface area contributed by atoms with Gasteiger partial charge in [0.15, 0.2) is 0 Å². The summed E-state index contributed by atoms with van der Waals surface area (Å²) in [6, 6.07) is 0. The monoisotopic (exact) mass is 170 g/mol. The van der Waals surface area contributed by atoms with Crippen molar-refractivity contribution in [2.24, 2.45) is 5.92 Å². The lowest BCUT2D eigenvalue weighted by atomic mass is 10.2. The molecule has 1 N–H and O–H groups in total. The highest BCUT2D eigenvalue weighted by Crippen LogP contribution is 2.11. The summed E-state index contributed by atoms with van der Waals surface area (Å²) in [6.07, 6.45) is 1.80. The van der Waals surface area contributed by atoms with Gasteiger partial charge < -0.3 is 10.2 Å². The van der Waals surface area contributed by atoms with E-state index in [1.165, 1.54) is 0 Å². The Hall–Kier alpha value is -0.570. The first-order valence-corrected chi connectivity index (χ1v) is 4.66. The lowest BCUT2D eigenvalue weighted by Gasteiger charge is -2.20. The van der Waals surface area contributed by atoms with E-state index in [0.717, 1.165) is 32.5 Å². The largest absolute Gasteiger partial charge is 0.342 e. The molecule has 3 heteroatoms. The van der Waals surface area contributed by atoms with Gasteiger partial charge in [-0.1, -0.05) is 6.92 Å². The lowest BCUT2D eigenvalue weighted by Crippen LogP contribution is -2.33. The van der Waals surface area contributed by atoms with Crippen molar-refractivity contribution in [2.75, 3.05) is 26.7 Å². The first-order valence-electron chi connectivity index (χ1n) is 4.66. The number of nitrogens with zero attached hydrogens (tertiary/aromatic N) is 1. The highest BCUT2D eigenvalue weighted by Gasteiger charge is 2.21. The third-order valence-electron chi connectivity index (χ3n) is 2.26. The van der Waals surface area contributed by atoms with Crippen molar-refractivity contribution in [2.45, 2.75) is 19.8 Å². The van der Waals surface area contributed by atoms with Gasteiger partial charge in [0, 0.05) is 19.5 Å². The van der Waals surface area contributed by atoms with Gasteiger partial charge >= 0.3 is 0 Å². The van der Waals surface area contributed by atoms with Gasteiger partial charge in [0.25, 0.3) is 0 Å². The van der Waals surface area contributed by atoms with Crippen molar-refractivity contribution in [1.82, 2.24) is 10.2 Å². The van der Waals surface area contributed by atoms with Crippen LogP contribution in [0.15, 0.2) is 0 Å². The lowest BCUT2D eigenvalue weighted by molar-refractivity contribution is -0.128. The molecule has 12 heavy (non-hydrogen) atoms. The maximum absolute atomic E-state index is 11.2. The number of nitrogens with one attached hydrogen (secondary N) is 1. The Labute approximate surface area is 74.1 Å². The SMILES string of the molecule is CNCC(C)CN1CCCC1=O. The summed E-state index contributed by atoms with van der Waals surface area (Å²) in [5, 5.41) is 3.12. The second-order valence-corrected chi connectivity index (χ2v) is 3.61. The van der Waals surface area contributed by atoms with Crippen LogP contribution in [-0.4, -0.2) is 37.5 Å². The summed E-state index contributed by atoms with van der Waals surface area (Å²) in [7, 11) is 1.95. The average molecular weight is 170 g/mol. The molecule has 1 fully saturated rings. The van der Waals surface area contributed by atoms with Crippen LogP contribution in [0, 0.1) is 5.92 Å². The normalized spacial score (nSPS) is 20.2. The first-order chi connectivity index (χ1) is 5.74. The molecule has 0 radical (unpaired) electrons. The zero-order valence-corrected chi connectivity index (χ0v) is 7.97. The molecule has 1 saturated heterocycles. The van der Waals surface area contributed by atoms with E-state index in [0.29, 0.717) is 11.8 Å². The van der Waals surface area contributed by atoms with Gasteiger partial charge in [-0.15, -0.1) is 0 Å². The molecule has 0 aliphatic carbocycles. The van der Waals surface area contributed by atoms with Crippen molar-refractivity contribution < 1.29 is 4.79 Å². The van der Waals surface area contributed by atoms with Crippen LogP contribution in [0.1, 0.15) is 19.8 Å². The Bertz CT molecular complexity index is 159. The van der Waals surface area contributed by atoms with E-state index >= 15 is 0 Å². The number of carbonyl (C=O) groups excluding carboxylic acids is 1. The molecular formula is C9H18N2O. The molecular weight excluding hydrogens is 152 g/mol. The highest BCUT2D eigenvalue weighted by molar-refractivity contribution is 5.78. The summed E-state index contributed by atoms with van der Waals surface area (Å²) in [5.74, 6) is 0.898. The predicted molar refractivity (Wildman–Crippen MR) is 48.9 cm³/mol. The van der Waals surface area contributed by atoms with Crippen LogP contribution < -0.4 is 5.32 Å². The molecule has 0 spiro atoms. The molecule has 0 saturated carbocycles. The molecule has 0 aromatic rings. The maximum atomic E-state index is 11.2. The van der Waals surface area contributed by atoms with E-state index in [1.807, 2.05) is 11.9 Å². The van der Waals surface area contributed by atoms with Crippen molar-refractivity contribution >= 4 is 5.91 Å². The Kier molecular flexibility index (Phi) is 3.53. The molecule has 70 valence electrons. The quantitative estimate of drug-likeness (QED) is 0.665. The second-order valence-electron chi connectivity index (χ2n) is 3.61. The molecule has 1 unspecified atom stereocenters. The zero-order chi connectivity index (χ0) is 8.97. The van der Waals surface area contributed by atoms with Gasteiger partial charge in [-0.25, -0.2) is 0 Å². The fraction of sp³-hybridized carbons (Fsp3) is 0.889. The topological polar surface area (TPSA) is 32.3 Å². The van der Waals surface area contributed by atoms with Gasteiger partial charge in [0.05, 0.1) is 0 Å². The molecule has 1 heterocycles. The van der Waals surface area contributed by atoms with E-state index < -0.39 is 0 Å². The van der Waals surface area contributed by atoms with Crippen LogP contribution in [0.4, 0.5) is 0 Å². The second kappa shape index (κ2) is 4.45. The van der Waals surface area contributed by atoms with Crippen LogP contribution in [-0.2, 0) is 4.79 Å². The molecule has 1 atom stereocenters. The van der Waals surface area contributed by atoms with Crippen LogP contribution >= 0.6 is 0 Å². The predicted octanol–water partition coefficient (Wildman–Crippen LogP) is 0.464. The maximum Gasteiger partial charge on any atom is 0.222 e. The molecule has 0 aromatic heterocycles. The summed E-state index contributed by atoms with van der Waals surface area (Å²) >= 11 is 0. The minimum absolute atomic E-state index is 0.331. The Balaban J connectivity index is 2.25. The number of amides is 1. The molecule has 0 aromatic carbocycles. The summed E-state index contributed by atoms with van der Waals surface area (Å²) in [6.45, 7) is 5.04. The third kappa shape index (κ3) is 2.48. The van der Waals surface area contributed by atoms with Crippen molar-refractivity contribution in [3.63, 3.8) is 0 Å². The van der Waals surface area contributed by atoms with Gasteiger partial charge in [-0.3, -0.25) is 4.79 Å². The highest BCUT2D eigenvalue weighted by atomic mass is 16.2. The van der Waals surface area contributed by atoms with E-state index in [1.54, 1.807) is 0 Å². The van der Waals surface area contributed by atoms with Crippen LogP contribution in [0.2, 0.25) is 0 Å². The van der Waals surface area contributed by atoms with Gasteiger partial charge in [-0.2, -0.15) is 0 Å². The van der Waals surface area contributed by atoms with Crippen molar-refractivity contribution in [3.05, 3.63) is 0 Å². The Morgan fingerprint density at radius 1 is 1.67 bits per heavy atom. The molecule has 0 bridgehead atoms. The van der Waals surface area contributed by atoms with Gasteiger partial charge in [-0.05, 0) is 25.9 Å². The first kappa shape index (κ1) is 9.52. The van der Waals surface area contributed by atoms with E-state index in [-0.39, 0.29) is 0 Å². The summed E-state index contributed by atoms with van der Waals surface area (Å²) in [5.41, 5.74) is 0. The number of hydrogen-bond donors (Lipinski definition) is 1. The molecule has 3 nitrogen and oxygen atoms in total. The van der Waals surface area contributed by atoms with Gasteiger partial charge in [0.1, 0.15) is 0 Å². The van der Waals surface area contributed by atoms with Crippen LogP contribution in [0.5, 0.6) is 0 Å². The standard InChI is InChI=1S/C9H18N2O/c1-8(6-10-2)7-11-5-3-4-9(11)12/h8,10H,3-7H2,1-2H3. The van der Waals surface area contributed by atoms with Crippen molar-refractivity contribution in [3.8, 4) is 0 Å². The summed E-state index contributed by atoms with van der Waals surface area (Å²) < 4.78 is 0. The number of hydrogen-bond acceptors (Lipinski definition) is 2. The molecule has 1 rings (SSSR count). The fourth-order valence-corrected chi connectivity index (χ4v) is 1.69. The molecule has 1 aliphatic rings. The zero-order valence-electron chi connectivity index (χ0n) is 7.97. The average Bonchev–Trinajstić information content (AvgIpc) is 2.37. The molecule has 1 aliphatic heterocycles. The fourth-order valence-electron chi connectivity index (χ4n) is 1.69. The number of likely N-dealkylation sites (tertiary alicyclic amines) is 1. The smallest absolute Gasteiger partial charge is 0.222 e. The number of rotatable bonds is 4. The number of carbonyl (C=O) groups is 1.